The number of benzene rings is 1. The maximum atomic E-state index is 12.0. The number of nitrogens with zero attached hydrogens (tertiary/aromatic N) is 2. The Morgan fingerprint density at radius 3 is 2.76 bits per heavy atom. The quantitative estimate of drug-likeness (QED) is 0.887. The highest BCUT2D eigenvalue weighted by atomic mass is 16.2. The largest absolute Gasteiger partial charge is 0.325 e. The van der Waals surface area contributed by atoms with Crippen LogP contribution in [0.1, 0.15) is 31.2 Å². The average molecular weight is 286 g/mol. The van der Waals surface area contributed by atoms with Gasteiger partial charge in [-0.2, -0.15) is 5.10 Å². The molecule has 0 aliphatic rings. The van der Waals surface area contributed by atoms with Crippen LogP contribution in [-0.2, 0) is 4.79 Å². The zero-order chi connectivity index (χ0) is 15.4. The van der Waals surface area contributed by atoms with Crippen LogP contribution in [0, 0.1) is 13.8 Å². The fraction of sp³-hybridized carbons (Fsp3) is 0.375. The molecular weight excluding hydrogens is 264 g/mol. The van der Waals surface area contributed by atoms with Gasteiger partial charge >= 0.3 is 0 Å². The molecule has 1 amide bonds. The molecule has 112 valence electrons. The Hall–Kier alpha value is -2.14. The number of anilines is 1. The molecule has 0 saturated carbocycles. The molecule has 0 bridgehead atoms. The number of nitrogens with two attached hydrogens (primary N) is 1. The minimum Gasteiger partial charge on any atom is -0.325 e. The topological polar surface area (TPSA) is 72.9 Å². The second kappa shape index (κ2) is 6.54. The van der Waals surface area contributed by atoms with Crippen LogP contribution in [-0.4, -0.2) is 21.7 Å². The molecule has 0 spiro atoms. The van der Waals surface area contributed by atoms with Gasteiger partial charge in [0.1, 0.15) is 0 Å². The maximum Gasteiger partial charge on any atom is 0.241 e. The molecule has 5 nitrogen and oxygen atoms in total. The lowest BCUT2D eigenvalue weighted by atomic mass is 10.1. The van der Waals surface area contributed by atoms with E-state index in [1.54, 1.807) is 0 Å². The number of hydrogen-bond donors (Lipinski definition) is 2. The summed E-state index contributed by atoms with van der Waals surface area (Å²) in [6.45, 7) is 5.97. The van der Waals surface area contributed by atoms with Gasteiger partial charge in [0.2, 0.25) is 5.91 Å². The van der Waals surface area contributed by atoms with Gasteiger partial charge in [-0.15, -0.1) is 0 Å². The molecule has 3 N–H and O–H groups in total. The third-order valence-electron chi connectivity index (χ3n) is 3.30. The van der Waals surface area contributed by atoms with E-state index >= 15 is 0 Å². The van der Waals surface area contributed by atoms with Crippen molar-refractivity contribution in [2.24, 2.45) is 5.73 Å². The zero-order valence-corrected chi connectivity index (χ0v) is 12.8. The predicted molar refractivity (Wildman–Crippen MR) is 84.6 cm³/mol. The predicted octanol–water partition coefficient (Wildman–Crippen LogP) is 2.56. The van der Waals surface area contributed by atoms with Crippen LogP contribution in [0.4, 0.5) is 5.69 Å². The standard InChI is InChI=1S/C16H22N4O/c1-4-6-15(17)16(21)18-13-7-5-8-14(10-13)20-12(3)9-11(2)19-20/h5,7-10,15H,4,6,17H2,1-3H3,(H,18,21). The molecular formula is C16H22N4O. The van der Waals surface area contributed by atoms with Gasteiger partial charge in [-0.25, -0.2) is 4.68 Å². The summed E-state index contributed by atoms with van der Waals surface area (Å²) in [5.41, 5.74) is 9.49. The average Bonchev–Trinajstić information content (AvgIpc) is 2.78. The van der Waals surface area contributed by atoms with Crippen LogP contribution >= 0.6 is 0 Å². The third-order valence-corrected chi connectivity index (χ3v) is 3.30. The van der Waals surface area contributed by atoms with Crippen molar-refractivity contribution in [3.05, 3.63) is 41.7 Å². The van der Waals surface area contributed by atoms with Crippen LogP contribution in [0.15, 0.2) is 30.3 Å². The Bertz CT molecular complexity index is 633. The van der Waals surface area contributed by atoms with Crippen molar-refractivity contribution in [3.63, 3.8) is 0 Å². The number of carbonyl (C=O) groups excluding carboxylic acids is 1. The van der Waals surface area contributed by atoms with Gasteiger partial charge in [-0.3, -0.25) is 4.79 Å². The third kappa shape index (κ3) is 3.70. The summed E-state index contributed by atoms with van der Waals surface area (Å²) in [5.74, 6) is -0.151. The molecule has 5 heteroatoms. The summed E-state index contributed by atoms with van der Waals surface area (Å²) < 4.78 is 1.86. The number of aryl methyl sites for hydroxylation is 2. The molecule has 1 unspecified atom stereocenters. The SMILES string of the molecule is CCCC(N)C(=O)Nc1cccc(-n2nc(C)cc2C)c1. The van der Waals surface area contributed by atoms with Gasteiger partial charge in [0.05, 0.1) is 17.4 Å². The van der Waals surface area contributed by atoms with Crippen molar-refractivity contribution in [3.8, 4) is 5.69 Å². The summed E-state index contributed by atoms with van der Waals surface area (Å²) in [6.07, 6.45) is 1.57. The lowest BCUT2D eigenvalue weighted by Gasteiger charge is -2.12. The fourth-order valence-electron chi connectivity index (χ4n) is 2.28. The monoisotopic (exact) mass is 286 g/mol. The van der Waals surface area contributed by atoms with E-state index in [1.165, 1.54) is 0 Å². The normalized spacial score (nSPS) is 12.2. The molecule has 1 heterocycles. The Balaban J connectivity index is 2.18. The summed E-state index contributed by atoms with van der Waals surface area (Å²) in [6, 6.07) is 9.16. The number of carbonyl (C=O) groups is 1. The molecule has 21 heavy (non-hydrogen) atoms. The molecule has 0 aliphatic heterocycles. The van der Waals surface area contributed by atoms with E-state index in [0.29, 0.717) is 6.42 Å². The van der Waals surface area contributed by atoms with Crippen LogP contribution in [0.25, 0.3) is 5.69 Å². The Kier molecular flexibility index (Phi) is 4.75. The van der Waals surface area contributed by atoms with Crippen LogP contribution in [0.3, 0.4) is 0 Å². The zero-order valence-electron chi connectivity index (χ0n) is 12.8. The lowest BCUT2D eigenvalue weighted by molar-refractivity contribution is -0.117. The van der Waals surface area contributed by atoms with Gasteiger partial charge in [-0.05, 0) is 44.5 Å². The van der Waals surface area contributed by atoms with Crippen molar-refractivity contribution >= 4 is 11.6 Å². The Labute approximate surface area is 125 Å². The first-order chi connectivity index (χ1) is 10.0. The molecule has 0 radical (unpaired) electrons. The van der Waals surface area contributed by atoms with E-state index in [0.717, 1.165) is 29.2 Å². The molecule has 1 atom stereocenters. The first-order valence-electron chi connectivity index (χ1n) is 7.21. The van der Waals surface area contributed by atoms with E-state index in [2.05, 4.69) is 10.4 Å². The number of aromatic nitrogens is 2. The number of amides is 1. The Morgan fingerprint density at radius 1 is 1.38 bits per heavy atom. The molecule has 0 fully saturated rings. The minimum absolute atomic E-state index is 0.151. The smallest absolute Gasteiger partial charge is 0.241 e. The summed E-state index contributed by atoms with van der Waals surface area (Å²) in [5, 5.41) is 7.30. The van der Waals surface area contributed by atoms with Crippen molar-refractivity contribution in [2.45, 2.75) is 39.7 Å². The van der Waals surface area contributed by atoms with Crippen molar-refractivity contribution < 1.29 is 4.79 Å². The summed E-state index contributed by atoms with van der Waals surface area (Å²) >= 11 is 0. The van der Waals surface area contributed by atoms with E-state index in [9.17, 15) is 4.79 Å². The van der Waals surface area contributed by atoms with Gasteiger partial charge in [0.15, 0.2) is 0 Å². The van der Waals surface area contributed by atoms with Crippen LogP contribution in [0.5, 0.6) is 0 Å². The second-order valence-corrected chi connectivity index (χ2v) is 5.27. The second-order valence-electron chi connectivity index (χ2n) is 5.27. The first kappa shape index (κ1) is 15.3. The van der Waals surface area contributed by atoms with Crippen molar-refractivity contribution in [2.75, 3.05) is 5.32 Å². The number of nitrogens with one attached hydrogen (secondary N) is 1. The Morgan fingerprint density at radius 2 is 2.14 bits per heavy atom. The van der Waals surface area contributed by atoms with Crippen molar-refractivity contribution in [1.82, 2.24) is 9.78 Å². The summed E-state index contributed by atoms with van der Waals surface area (Å²) in [4.78, 5) is 12.0. The van der Waals surface area contributed by atoms with E-state index in [4.69, 9.17) is 5.73 Å². The van der Waals surface area contributed by atoms with E-state index in [1.807, 2.05) is 55.8 Å². The van der Waals surface area contributed by atoms with Gasteiger partial charge < -0.3 is 11.1 Å². The van der Waals surface area contributed by atoms with E-state index in [-0.39, 0.29) is 5.91 Å². The molecule has 0 aliphatic carbocycles. The highest BCUT2D eigenvalue weighted by Gasteiger charge is 2.12. The summed E-state index contributed by atoms with van der Waals surface area (Å²) in [7, 11) is 0. The number of hydrogen-bond acceptors (Lipinski definition) is 3. The highest BCUT2D eigenvalue weighted by Crippen LogP contribution is 2.17. The lowest BCUT2D eigenvalue weighted by Crippen LogP contribution is -2.35. The van der Waals surface area contributed by atoms with Crippen LogP contribution < -0.4 is 11.1 Å². The minimum atomic E-state index is -0.465. The molecule has 2 aromatic rings. The first-order valence-corrected chi connectivity index (χ1v) is 7.21. The maximum absolute atomic E-state index is 12.0. The van der Waals surface area contributed by atoms with Gasteiger partial charge in [-0.1, -0.05) is 19.4 Å². The van der Waals surface area contributed by atoms with Gasteiger partial charge in [0, 0.05) is 11.4 Å². The molecule has 1 aromatic carbocycles. The highest BCUT2D eigenvalue weighted by molar-refractivity contribution is 5.94. The fourth-order valence-corrected chi connectivity index (χ4v) is 2.28. The van der Waals surface area contributed by atoms with E-state index < -0.39 is 6.04 Å². The van der Waals surface area contributed by atoms with Crippen molar-refractivity contribution in [1.29, 1.82) is 0 Å². The van der Waals surface area contributed by atoms with Crippen LogP contribution in [0.2, 0.25) is 0 Å². The van der Waals surface area contributed by atoms with Gasteiger partial charge in [0.25, 0.3) is 0 Å². The molecule has 1 aromatic heterocycles. The molecule has 0 saturated heterocycles. The molecule has 2 rings (SSSR count). The number of rotatable bonds is 5.